The lowest BCUT2D eigenvalue weighted by atomic mass is 9.80. The molecule has 0 aliphatic heterocycles. The highest BCUT2D eigenvalue weighted by Gasteiger charge is 2.42. The Morgan fingerprint density at radius 1 is 0.977 bits per heavy atom. The molecule has 2 rings (SSSR count). The molecule has 0 aliphatic rings. The lowest BCUT2D eigenvalue weighted by Crippen LogP contribution is -2.61. The Balaban J connectivity index is 2.32. The fourth-order valence-corrected chi connectivity index (χ4v) is 6.79. The van der Waals surface area contributed by atoms with E-state index in [1.807, 2.05) is 72.9 Å². The van der Waals surface area contributed by atoms with E-state index in [4.69, 9.17) is 0 Å². The molecule has 1 aromatic carbocycles. The number of likely N-dealkylation sites (N-methyl/N-ethyl adjacent to an activating group) is 2. The summed E-state index contributed by atoms with van der Waals surface area (Å²) in [4.78, 5) is 43.2. The van der Waals surface area contributed by atoms with Crippen molar-refractivity contribution >= 4 is 39.1 Å². The van der Waals surface area contributed by atoms with Crippen LogP contribution in [-0.4, -0.2) is 63.3 Å². The number of hydrogen-bond acceptors (Lipinski definition) is 7. The number of carbonyl (C=O) groups is 3. The molecular formula is C32H48N4O5S2. The van der Waals surface area contributed by atoms with Gasteiger partial charge in [0.25, 0.3) is 15.9 Å². The van der Waals surface area contributed by atoms with E-state index in [2.05, 4.69) is 15.4 Å². The first kappa shape index (κ1) is 36.2. The Kier molecular flexibility index (Phi) is 11.9. The minimum absolute atomic E-state index is 0.0159. The number of amides is 3. The normalized spacial score (nSPS) is 15.0. The van der Waals surface area contributed by atoms with Crippen LogP contribution in [0, 0.1) is 18.3 Å². The molecular weight excluding hydrogens is 585 g/mol. The average molecular weight is 633 g/mol. The van der Waals surface area contributed by atoms with E-state index in [0.29, 0.717) is 0 Å². The second-order valence-electron chi connectivity index (χ2n) is 13.0. The van der Waals surface area contributed by atoms with Gasteiger partial charge in [0.1, 0.15) is 6.04 Å². The van der Waals surface area contributed by atoms with Gasteiger partial charge in [-0.25, -0.2) is 13.1 Å². The summed E-state index contributed by atoms with van der Waals surface area (Å²) in [5, 5.41) is 8.12. The van der Waals surface area contributed by atoms with Crippen molar-refractivity contribution in [1.82, 2.24) is 20.3 Å². The molecule has 0 aliphatic carbocycles. The van der Waals surface area contributed by atoms with Gasteiger partial charge in [0.2, 0.25) is 11.8 Å². The predicted octanol–water partition coefficient (Wildman–Crippen LogP) is 4.39. The lowest BCUT2D eigenvalue weighted by Gasteiger charge is -2.39. The molecule has 3 N–H and O–H groups in total. The third kappa shape index (κ3) is 9.00. The first-order valence-electron chi connectivity index (χ1n) is 14.3. The summed E-state index contributed by atoms with van der Waals surface area (Å²) < 4.78 is 27.7. The van der Waals surface area contributed by atoms with Crippen LogP contribution in [0.15, 0.2) is 58.3 Å². The number of aryl methyl sites for hydroxylation is 1. The van der Waals surface area contributed by atoms with E-state index < -0.39 is 44.9 Å². The Bertz CT molecular complexity index is 1410. The highest BCUT2D eigenvalue weighted by Crippen LogP contribution is 2.32. The lowest BCUT2D eigenvalue weighted by molar-refractivity contribution is -0.140. The average Bonchev–Trinajstić information content (AvgIpc) is 3.45. The smallest absolute Gasteiger partial charge is 0.264 e. The van der Waals surface area contributed by atoms with Gasteiger partial charge in [0.05, 0.1) is 17.0 Å². The summed E-state index contributed by atoms with van der Waals surface area (Å²) in [5.74, 6) is -1.51. The van der Waals surface area contributed by atoms with Crippen LogP contribution < -0.4 is 15.4 Å². The SMILES string of the molecule is CN[C@H](C(=O)N[C@H](C(=O)N(C)[C@H](/C=C(\C)C(=O)NS(=O)(=O)c1ccc(C)cc1)C(C)C)C(C)(C)C)C(C)(C)c1cccs1. The molecule has 2 aromatic rings. The molecule has 0 fully saturated rings. The van der Waals surface area contributed by atoms with Gasteiger partial charge >= 0.3 is 0 Å². The van der Waals surface area contributed by atoms with Gasteiger partial charge < -0.3 is 15.5 Å². The molecule has 43 heavy (non-hydrogen) atoms. The maximum atomic E-state index is 14.0. The summed E-state index contributed by atoms with van der Waals surface area (Å²) in [7, 11) is -0.712. The zero-order chi connectivity index (χ0) is 32.9. The molecule has 0 unspecified atom stereocenters. The number of sulfonamides is 1. The Morgan fingerprint density at radius 3 is 2.02 bits per heavy atom. The number of nitrogens with zero attached hydrogens (tertiary/aromatic N) is 1. The van der Waals surface area contributed by atoms with Crippen LogP contribution in [-0.2, 0) is 29.8 Å². The van der Waals surface area contributed by atoms with Crippen LogP contribution in [0.5, 0.6) is 0 Å². The Labute approximate surface area is 261 Å². The summed E-state index contributed by atoms with van der Waals surface area (Å²) in [5.41, 5.74) is -0.118. The highest BCUT2D eigenvalue weighted by molar-refractivity contribution is 7.90. The van der Waals surface area contributed by atoms with Crippen molar-refractivity contribution in [3.8, 4) is 0 Å². The van der Waals surface area contributed by atoms with Crippen LogP contribution in [0.2, 0.25) is 0 Å². The number of rotatable bonds is 12. The molecule has 0 radical (unpaired) electrons. The second-order valence-corrected chi connectivity index (χ2v) is 15.6. The van der Waals surface area contributed by atoms with E-state index in [9.17, 15) is 22.8 Å². The van der Waals surface area contributed by atoms with E-state index in [1.54, 1.807) is 43.6 Å². The van der Waals surface area contributed by atoms with E-state index >= 15 is 0 Å². The standard InChI is InChI=1S/C32H48N4O5S2/c1-20(2)24(19-22(4)28(37)35-43(40,41)23-16-14-21(3)15-17-23)36(11)30(39)27(31(5,6)7)34-29(38)26(33-10)32(8,9)25-13-12-18-42-25/h12-20,24,26-27,33H,1-11H3,(H,34,38)(H,35,37)/b22-19+/t24-,26-,27-/m1/s1. The maximum absolute atomic E-state index is 14.0. The van der Waals surface area contributed by atoms with Gasteiger partial charge in [0, 0.05) is 22.9 Å². The number of carbonyl (C=O) groups excluding carboxylic acids is 3. The maximum Gasteiger partial charge on any atom is 0.264 e. The third-order valence-electron chi connectivity index (χ3n) is 7.64. The van der Waals surface area contributed by atoms with E-state index in [0.717, 1.165) is 10.4 Å². The van der Waals surface area contributed by atoms with Gasteiger partial charge in [-0.05, 0) is 55.8 Å². The van der Waals surface area contributed by atoms with Crippen molar-refractivity contribution in [2.75, 3.05) is 14.1 Å². The van der Waals surface area contributed by atoms with Gasteiger partial charge in [-0.3, -0.25) is 14.4 Å². The topological polar surface area (TPSA) is 125 Å². The molecule has 3 atom stereocenters. The van der Waals surface area contributed by atoms with Crippen LogP contribution >= 0.6 is 11.3 Å². The quantitative estimate of drug-likeness (QED) is 0.298. The number of nitrogens with one attached hydrogen (secondary N) is 3. The Hall–Kier alpha value is -3.02. The zero-order valence-corrected chi connectivity index (χ0v) is 28.9. The van der Waals surface area contributed by atoms with Crippen LogP contribution in [0.1, 0.15) is 65.8 Å². The van der Waals surface area contributed by atoms with Crippen LogP contribution in [0.25, 0.3) is 0 Å². The number of thiophene rings is 1. The van der Waals surface area contributed by atoms with Crippen molar-refractivity contribution in [3.05, 3.63) is 63.9 Å². The van der Waals surface area contributed by atoms with Crippen LogP contribution in [0.3, 0.4) is 0 Å². The number of benzene rings is 1. The molecule has 238 valence electrons. The van der Waals surface area contributed by atoms with Crippen molar-refractivity contribution in [2.45, 2.75) is 90.7 Å². The van der Waals surface area contributed by atoms with E-state index in [1.165, 1.54) is 24.0 Å². The van der Waals surface area contributed by atoms with Crippen molar-refractivity contribution in [1.29, 1.82) is 0 Å². The summed E-state index contributed by atoms with van der Waals surface area (Å²) >= 11 is 1.57. The zero-order valence-electron chi connectivity index (χ0n) is 27.2. The minimum Gasteiger partial charge on any atom is -0.342 e. The molecule has 11 heteroatoms. The third-order valence-corrected chi connectivity index (χ3v) is 10.2. The molecule has 1 aromatic heterocycles. The number of hydrogen-bond donors (Lipinski definition) is 3. The summed E-state index contributed by atoms with van der Waals surface area (Å²) in [6.07, 6.45) is 1.60. The fourth-order valence-electron chi connectivity index (χ4n) is 4.89. The molecule has 0 saturated carbocycles. The van der Waals surface area contributed by atoms with Gasteiger partial charge in [-0.15, -0.1) is 11.3 Å². The molecule has 1 heterocycles. The van der Waals surface area contributed by atoms with Crippen molar-refractivity contribution in [3.63, 3.8) is 0 Å². The van der Waals surface area contributed by atoms with Crippen molar-refractivity contribution < 1.29 is 22.8 Å². The summed E-state index contributed by atoms with van der Waals surface area (Å²) in [6, 6.07) is 8.11. The Morgan fingerprint density at radius 2 is 1.56 bits per heavy atom. The largest absolute Gasteiger partial charge is 0.342 e. The van der Waals surface area contributed by atoms with Gasteiger partial charge in [0.15, 0.2) is 0 Å². The molecule has 0 saturated heterocycles. The van der Waals surface area contributed by atoms with E-state index in [-0.39, 0.29) is 28.2 Å². The van der Waals surface area contributed by atoms with Crippen molar-refractivity contribution in [2.24, 2.45) is 11.3 Å². The molecule has 0 spiro atoms. The van der Waals surface area contributed by atoms with Gasteiger partial charge in [-0.2, -0.15) is 0 Å². The van der Waals surface area contributed by atoms with Crippen LogP contribution in [0.4, 0.5) is 0 Å². The fraction of sp³-hybridized carbons (Fsp3) is 0.531. The molecule has 9 nitrogen and oxygen atoms in total. The predicted molar refractivity (Wildman–Crippen MR) is 173 cm³/mol. The first-order valence-corrected chi connectivity index (χ1v) is 16.7. The van der Waals surface area contributed by atoms with Gasteiger partial charge in [-0.1, -0.05) is 78.3 Å². The first-order chi connectivity index (χ1) is 19.7. The second kappa shape index (κ2) is 14.2. The molecule has 0 bridgehead atoms. The minimum atomic E-state index is -4.07. The summed E-state index contributed by atoms with van der Waals surface area (Å²) in [6.45, 7) is 16.8. The monoisotopic (exact) mass is 632 g/mol. The molecule has 3 amide bonds. The highest BCUT2D eigenvalue weighted by atomic mass is 32.2.